The summed E-state index contributed by atoms with van der Waals surface area (Å²) < 4.78 is 0. The standard InChI is InChI=1S/C17H15ClN4/c1-11-9-19-7-6-15(11)16-12(2)10-20-17(22-16)21-14-5-3-4-13(18)8-14/h3-10H,1-2H3,(H,20,21,22). The molecule has 0 unspecified atom stereocenters. The van der Waals surface area contributed by atoms with Crippen LogP contribution in [-0.2, 0) is 0 Å². The van der Waals surface area contributed by atoms with Gasteiger partial charge in [-0.3, -0.25) is 4.98 Å². The molecule has 4 nitrogen and oxygen atoms in total. The number of halogens is 1. The normalized spacial score (nSPS) is 10.5. The van der Waals surface area contributed by atoms with Crippen LogP contribution in [0, 0.1) is 13.8 Å². The third-order valence-electron chi connectivity index (χ3n) is 3.33. The van der Waals surface area contributed by atoms with Crippen LogP contribution in [0.4, 0.5) is 11.6 Å². The highest BCUT2D eigenvalue weighted by molar-refractivity contribution is 6.30. The molecule has 0 aliphatic heterocycles. The minimum absolute atomic E-state index is 0.541. The highest BCUT2D eigenvalue weighted by Gasteiger charge is 2.09. The van der Waals surface area contributed by atoms with Crippen molar-refractivity contribution in [2.45, 2.75) is 13.8 Å². The van der Waals surface area contributed by atoms with E-state index in [2.05, 4.69) is 20.3 Å². The van der Waals surface area contributed by atoms with Gasteiger partial charge in [0.05, 0.1) is 5.69 Å². The zero-order valence-electron chi connectivity index (χ0n) is 12.3. The van der Waals surface area contributed by atoms with Crippen molar-refractivity contribution < 1.29 is 0 Å². The first-order chi connectivity index (χ1) is 10.6. The number of aryl methyl sites for hydroxylation is 2. The fraction of sp³-hybridized carbons (Fsp3) is 0.118. The van der Waals surface area contributed by atoms with Crippen molar-refractivity contribution in [3.8, 4) is 11.3 Å². The van der Waals surface area contributed by atoms with Gasteiger partial charge >= 0.3 is 0 Å². The monoisotopic (exact) mass is 310 g/mol. The third kappa shape index (κ3) is 3.07. The summed E-state index contributed by atoms with van der Waals surface area (Å²) in [6.07, 6.45) is 5.42. The second-order valence-corrected chi connectivity index (χ2v) is 5.49. The first-order valence-corrected chi connectivity index (χ1v) is 7.28. The lowest BCUT2D eigenvalue weighted by Gasteiger charge is -2.10. The summed E-state index contributed by atoms with van der Waals surface area (Å²) in [5.74, 6) is 0.541. The fourth-order valence-electron chi connectivity index (χ4n) is 2.21. The summed E-state index contributed by atoms with van der Waals surface area (Å²) >= 11 is 6.00. The van der Waals surface area contributed by atoms with Crippen molar-refractivity contribution in [3.63, 3.8) is 0 Å². The van der Waals surface area contributed by atoms with Gasteiger partial charge in [0.2, 0.25) is 5.95 Å². The highest BCUT2D eigenvalue weighted by atomic mass is 35.5. The number of nitrogens with one attached hydrogen (secondary N) is 1. The van der Waals surface area contributed by atoms with E-state index in [1.807, 2.05) is 56.6 Å². The number of hydrogen-bond acceptors (Lipinski definition) is 4. The van der Waals surface area contributed by atoms with E-state index in [-0.39, 0.29) is 0 Å². The van der Waals surface area contributed by atoms with E-state index in [1.165, 1.54) is 0 Å². The van der Waals surface area contributed by atoms with Crippen molar-refractivity contribution >= 4 is 23.2 Å². The minimum atomic E-state index is 0.541. The maximum absolute atomic E-state index is 6.00. The molecule has 5 heteroatoms. The van der Waals surface area contributed by atoms with Gasteiger partial charge in [0.15, 0.2) is 0 Å². The second-order valence-electron chi connectivity index (χ2n) is 5.05. The molecule has 22 heavy (non-hydrogen) atoms. The van der Waals surface area contributed by atoms with Crippen LogP contribution in [0.15, 0.2) is 48.9 Å². The van der Waals surface area contributed by atoms with Gasteiger partial charge in [-0.25, -0.2) is 9.97 Å². The van der Waals surface area contributed by atoms with E-state index >= 15 is 0 Å². The second kappa shape index (κ2) is 6.12. The summed E-state index contributed by atoms with van der Waals surface area (Å²) in [6, 6.07) is 9.43. The molecule has 3 aromatic rings. The Morgan fingerprint density at radius 3 is 2.68 bits per heavy atom. The topological polar surface area (TPSA) is 50.7 Å². The van der Waals surface area contributed by atoms with Crippen molar-refractivity contribution in [3.05, 3.63) is 65.1 Å². The van der Waals surface area contributed by atoms with Crippen LogP contribution in [0.25, 0.3) is 11.3 Å². The number of hydrogen-bond donors (Lipinski definition) is 1. The first-order valence-electron chi connectivity index (χ1n) is 6.91. The first kappa shape index (κ1) is 14.5. The van der Waals surface area contributed by atoms with Crippen LogP contribution >= 0.6 is 11.6 Å². The van der Waals surface area contributed by atoms with Crippen molar-refractivity contribution in [1.29, 1.82) is 0 Å². The molecule has 1 N–H and O–H groups in total. The summed E-state index contributed by atoms with van der Waals surface area (Å²) in [7, 11) is 0. The Kier molecular flexibility index (Phi) is 4.02. The molecule has 0 spiro atoms. The Morgan fingerprint density at radius 1 is 1.05 bits per heavy atom. The number of benzene rings is 1. The SMILES string of the molecule is Cc1cnccc1-c1nc(Nc2cccc(Cl)c2)ncc1C. The van der Waals surface area contributed by atoms with Gasteiger partial charge in [-0.2, -0.15) is 0 Å². The smallest absolute Gasteiger partial charge is 0.227 e. The molecule has 0 atom stereocenters. The van der Waals surface area contributed by atoms with Crippen LogP contribution in [0.1, 0.15) is 11.1 Å². The lowest BCUT2D eigenvalue weighted by molar-refractivity contribution is 1.13. The summed E-state index contributed by atoms with van der Waals surface area (Å²) in [5, 5.41) is 3.85. The van der Waals surface area contributed by atoms with Crippen molar-refractivity contribution in [2.75, 3.05) is 5.32 Å². The maximum atomic E-state index is 6.00. The molecular formula is C17H15ClN4. The minimum Gasteiger partial charge on any atom is -0.324 e. The molecular weight excluding hydrogens is 296 g/mol. The molecule has 2 heterocycles. The third-order valence-corrected chi connectivity index (χ3v) is 3.56. The van der Waals surface area contributed by atoms with Gasteiger partial charge < -0.3 is 5.32 Å². The lowest BCUT2D eigenvalue weighted by Crippen LogP contribution is -2.00. The molecule has 1 aromatic carbocycles. The highest BCUT2D eigenvalue weighted by Crippen LogP contribution is 2.25. The van der Waals surface area contributed by atoms with Crippen LogP contribution in [0.5, 0.6) is 0 Å². The molecule has 0 saturated carbocycles. The zero-order chi connectivity index (χ0) is 15.5. The van der Waals surface area contributed by atoms with Gasteiger partial charge in [0.25, 0.3) is 0 Å². The maximum Gasteiger partial charge on any atom is 0.227 e. The van der Waals surface area contributed by atoms with E-state index in [4.69, 9.17) is 11.6 Å². The average molecular weight is 311 g/mol. The Balaban J connectivity index is 1.98. The largest absolute Gasteiger partial charge is 0.324 e. The predicted molar refractivity (Wildman–Crippen MR) is 89.5 cm³/mol. The number of anilines is 2. The number of nitrogens with zero attached hydrogens (tertiary/aromatic N) is 3. The molecule has 0 aliphatic rings. The Morgan fingerprint density at radius 2 is 1.91 bits per heavy atom. The predicted octanol–water partition coefficient (Wildman–Crippen LogP) is 4.55. The molecule has 2 aromatic heterocycles. The van der Waals surface area contributed by atoms with Crippen LogP contribution in [-0.4, -0.2) is 15.0 Å². The number of aromatic nitrogens is 3. The summed E-state index contributed by atoms with van der Waals surface area (Å²) in [6.45, 7) is 4.02. The van der Waals surface area contributed by atoms with Crippen molar-refractivity contribution in [1.82, 2.24) is 15.0 Å². The zero-order valence-corrected chi connectivity index (χ0v) is 13.1. The van der Waals surface area contributed by atoms with Gasteiger partial charge in [-0.05, 0) is 49.2 Å². The van der Waals surface area contributed by atoms with Gasteiger partial charge in [-0.15, -0.1) is 0 Å². The van der Waals surface area contributed by atoms with Crippen LogP contribution < -0.4 is 5.32 Å². The summed E-state index contributed by atoms with van der Waals surface area (Å²) in [4.78, 5) is 13.1. The lowest BCUT2D eigenvalue weighted by atomic mass is 10.1. The Bertz CT molecular complexity index is 817. The molecule has 0 amide bonds. The average Bonchev–Trinajstić information content (AvgIpc) is 2.50. The molecule has 110 valence electrons. The van der Waals surface area contributed by atoms with Crippen LogP contribution in [0.2, 0.25) is 5.02 Å². The van der Waals surface area contributed by atoms with Gasteiger partial charge in [0.1, 0.15) is 0 Å². The Hall–Kier alpha value is -2.46. The number of rotatable bonds is 3. The van der Waals surface area contributed by atoms with Crippen LogP contribution in [0.3, 0.4) is 0 Å². The Labute approximate surface area is 134 Å². The molecule has 0 saturated heterocycles. The van der Waals surface area contributed by atoms with E-state index in [9.17, 15) is 0 Å². The number of pyridine rings is 1. The molecule has 0 fully saturated rings. The molecule has 0 radical (unpaired) electrons. The van der Waals surface area contributed by atoms with E-state index < -0.39 is 0 Å². The van der Waals surface area contributed by atoms with Gasteiger partial charge in [0, 0.05) is 34.9 Å². The molecule has 0 aliphatic carbocycles. The van der Waals surface area contributed by atoms with Crippen molar-refractivity contribution in [2.24, 2.45) is 0 Å². The quantitative estimate of drug-likeness (QED) is 0.771. The van der Waals surface area contributed by atoms with E-state index in [1.54, 1.807) is 6.20 Å². The summed E-state index contributed by atoms with van der Waals surface area (Å²) in [5.41, 5.74) is 4.92. The van der Waals surface area contributed by atoms with Gasteiger partial charge in [-0.1, -0.05) is 17.7 Å². The molecule has 3 rings (SSSR count). The van der Waals surface area contributed by atoms with E-state index in [0.717, 1.165) is 28.1 Å². The van der Waals surface area contributed by atoms with E-state index in [0.29, 0.717) is 11.0 Å². The molecule has 0 bridgehead atoms. The fourth-order valence-corrected chi connectivity index (χ4v) is 2.40.